The first-order valence-corrected chi connectivity index (χ1v) is 7.21. The minimum atomic E-state index is -0.683. The van der Waals surface area contributed by atoms with Crippen molar-refractivity contribution < 1.29 is 11.3 Å². The van der Waals surface area contributed by atoms with Gasteiger partial charge in [-0.05, 0) is 50.1 Å². The van der Waals surface area contributed by atoms with Crippen LogP contribution < -0.4 is 11.5 Å². The zero-order valence-electron chi connectivity index (χ0n) is 10.9. The lowest BCUT2D eigenvalue weighted by Gasteiger charge is -1.98. The van der Waals surface area contributed by atoms with E-state index >= 15 is 0 Å². The maximum atomic E-state index is 10.3. The second kappa shape index (κ2) is 7.71. The lowest BCUT2D eigenvalue weighted by molar-refractivity contribution is -0.395. The van der Waals surface area contributed by atoms with Gasteiger partial charge in [-0.3, -0.25) is 20.2 Å². The van der Waals surface area contributed by atoms with Gasteiger partial charge in [-0.2, -0.15) is 0 Å². The fourth-order valence-corrected chi connectivity index (χ4v) is 2.18. The summed E-state index contributed by atoms with van der Waals surface area (Å²) in [6.45, 7) is 0. The molecule has 0 spiro atoms. The maximum Gasteiger partial charge on any atom is 0.290 e. The monoisotopic (exact) mass is 434 g/mol. The quantitative estimate of drug-likeness (QED) is 0.413. The molecule has 0 heterocycles. The number of nitrogens with zero attached hydrogens (tertiary/aromatic N) is 2. The molecule has 0 saturated heterocycles. The van der Waals surface area contributed by atoms with Crippen LogP contribution in [0.5, 0.6) is 0 Å². The summed E-state index contributed by atoms with van der Waals surface area (Å²) in [5, 5.41) is 20.7. The third-order valence-electron chi connectivity index (χ3n) is 2.41. The number of benzene rings is 2. The maximum absolute atomic E-state index is 10.3. The van der Waals surface area contributed by atoms with E-state index in [4.69, 9.17) is 11.5 Å². The predicted octanol–water partition coefficient (Wildman–Crippen LogP) is 4.13. The molecule has 8 nitrogen and oxygen atoms in total. The number of halogens is 2. The first-order valence-electron chi connectivity index (χ1n) is 5.62. The molecule has 2 aromatic rings. The van der Waals surface area contributed by atoms with Crippen LogP contribution in [-0.2, 0) is 0 Å². The van der Waals surface area contributed by atoms with Crippen molar-refractivity contribution in [2.75, 3.05) is 11.5 Å². The van der Waals surface area contributed by atoms with E-state index in [0.717, 1.165) is 4.47 Å². The van der Waals surface area contributed by atoms with Crippen molar-refractivity contribution in [1.29, 1.82) is 0 Å². The van der Waals surface area contributed by atoms with Crippen molar-refractivity contribution in [2.45, 2.75) is 0 Å². The van der Waals surface area contributed by atoms with Crippen LogP contribution in [0.15, 0.2) is 45.3 Å². The van der Waals surface area contributed by atoms with E-state index in [1.165, 1.54) is 18.2 Å². The number of hydrogen-bond donors (Lipinski definition) is 2. The molecule has 0 atom stereocenters. The lowest BCUT2D eigenvalue weighted by atomic mass is 10.3. The van der Waals surface area contributed by atoms with E-state index < -0.39 is 9.85 Å². The van der Waals surface area contributed by atoms with Gasteiger partial charge in [0, 0.05) is 24.9 Å². The Morgan fingerprint density at radius 2 is 1.18 bits per heavy atom. The Morgan fingerprint density at radius 1 is 0.818 bits per heavy atom. The van der Waals surface area contributed by atoms with Crippen LogP contribution in [0, 0.1) is 20.2 Å². The van der Waals surface area contributed by atoms with Gasteiger partial charge in [-0.15, -0.1) is 0 Å². The number of nitrogen functional groups attached to an aromatic ring is 2. The standard InChI is InChI=1S/C6H3BrN2O4.C6H7BrN2.H2/c7-6-4(8(10)11)2-1-3-5(6)9(12)13;7-6-4(8)2-1-3-5(6)9;/h1-3H;1-3H,8-9H2;1H. The number of anilines is 2. The van der Waals surface area contributed by atoms with Crippen molar-refractivity contribution >= 4 is 54.6 Å². The highest BCUT2D eigenvalue weighted by Crippen LogP contribution is 2.33. The molecule has 0 amide bonds. The summed E-state index contributed by atoms with van der Waals surface area (Å²) < 4.78 is 0.676. The first-order chi connectivity index (χ1) is 10.3. The van der Waals surface area contributed by atoms with Crippen molar-refractivity contribution in [3.8, 4) is 0 Å². The average Bonchev–Trinajstić information content (AvgIpc) is 2.45. The molecular weight excluding hydrogens is 424 g/mol. The van der Waals surface area contributed by atoms with Crippen molar-refractivity contribution in [3.63, 3.8) is 0 Å². The Bertz CT molecular complexity index is 678. The topological polar surface area (TPSA) is 138 Å². The number of hydrogen-bond acceptors (Lipinski definition) is 6. The highest BCUT2D eigenvalue weighted by atomic mass is 79.9. The minimum absolute atomic E-state index is 0. The normalized spacial score (nSPS) is 9.55. The van der Waals surface area contributed by atoms with Crippen LogP contribution in [0.3, 0.4) is 0 Å². The number of nitrogens with two attached hydrogens (primary N) is 2. The third-order valence-corrected chi connectivity index (χ3v) is 4.14. The zero-order valence-corrected chi connectivity index (χ0v) is 14.1. The molecule has 0 aliphatic rings. The van der Waals surface area contributed by atoms with Crippen molar-refractivity contribution in [2.24, 2.45) is 0 Å². The van der Waals surface area contributed by atoms with E-state index in [1.807, 2.05) is 6.07 Å². The first kappa shape index (κ1) is 17.9. The van der Waals surface area contributed by atoms with Crippen LogP contribution >= 0.6 is 31.9 Å². The van der Waals surface area contributed by atoms with Gasteiger partial charge in [0.05, 0.1) is 14.3 Å². The molecule has 0 aromatic heterocycles. The van der Waals surface area contributed by atoms with E-state index in [2.05, 4.69) is 31.9 Å². The molecule has 0 bridgehead atoms. The fraction of sp³-hybridized carbons (Fsp3) is 0. The Morgan fingerprint density at radius 3 is 1.50 bits per heavy atom. The largest absolute Gasteiger partial charge is 0.398 e. The van der Waals surface area contributed by atoms with E-state index in [-0.39, 0.29) is 17.3 Å². The summed E-state index contributed by atoms with van der Waals surface area (Å²) in [5.41, 5.74) is 11.7. The fourth-order valence-electron chi connectivity index (χ4n) is 1.36. The molecule has 2 aromatic carbocycles. The molecule has 118 valence electrons. The molecule has 0 fully saturated rings. The van der Waals surface area contributed by atoms with Gasteiger partial charge in [0.15, 0.2) is 4.47 Å². The molecule has 10 heteroatoms. The van der Waals surface area contributed by atoms with Crippen molar-refractivity contribution in [1.82, 2.24) is 0 Å². The van der Waals surface area contributed by atoms with Gasteiger partial charge in [-0.1, -0.05) is 6.07 Å². The highest BCUT2D eigenvalue weighted by Gasteiger charge is 2.21. The van der Waals surface area contributed by atoms with Gasteiger partial charge in [0.2, 0.25) is 0 Å². The van der Waals surface area contributed by atoms with Gasteiger partial charge in [0.1, 0.15) is 0 Å². The Hall–Kier alpha value is -2.20. The van der Waals surface area contributed by atoms with E-state index in [0.29, 0.717) is 11.4 Å². The van der Waals surface area contributed by atoms with Crippen LogP contribution in [0.2, 0.25) is 0 Å². The van der Waals surface area contributed by atoms with Crippen LogP contribution in [0.25, 0.3) is 0 Å². The van der Waals surface area contributed by atoms with Gasteiger partial charge in [-0.25, -0.2) is 0 Å². The molecule has 22 heavy (non-hydrogen) atoms. The Kier molecular flexibility index (Phi) is 6.25. The Balaban J connectivity index is 0.000000427. The van der Waals surface area contributed by atoms with E-state index in [9.17, 15) is 20.2 Å². The van der Waals surface area contributed by atoms with Gasteiger partial charge < -0.3 is 11.5 Å². The molecule has 2 rings (SSSR count). The summed E-state index contributed by atoms with van der Waals surface area (Å²) in [6.07, 6.45) is 0. The third kappa shape index (κ3) is 4.40. The molecule has 0 unspecified atom stereocenters. The minimum Gasteiger partial charge on any atom is -0.398 e. The summed E-state index contributed by atoms with van der Waals surface area (Å²) in [5.74, 6) is 0. The number of nitro benzene ring substituents is 2. The summed E-state index contributed by atoms with van der Waals surface area (Å²) in [4.78, 5) is 19.3. The van der Waals surface area contributed by atoms with Crippen LogP contribution in [-0.4, -0.2) is 9.85 Å². The second-order valence-corrected chi connectivity index (χ2v) is 5.46. The molecule has 0 aliphatic carbocycles. The Labute approximate surface area is 143 Å². The van der Waals surface area contributed by atoms with Crippen LogP contribution in [0.1, 0.15) is 1.43 Å². The smallest absolute Gasteiger partial charge is 0.290 e. The molecule has 0 radical (unpaired) electrons. The van der Waals surface area contributed by atoms with Gasteiger partial charge in [0.25, 0.3) is 11.4 Å². The summed E-state index contributed by atoms with van der Waals surface area (Å²) >= 11 is 6.03. The summed E-state index contributed by atoms with van der Waals surface area (Å²) in [7, 11) is 0. The molecule has 4 N–H and O–H groups in total. The summed E-state index contributed by atoms with van der Waals surface area (Å²) in [6, 6.07) is 9.05. The molecule has 0 saturated carbocycles. The zero-order chi connectivity index (χ0) is 16.9. The average molecular weight is 436 g/mol. The van der Waals surface area contributed by atoms with Crippen LogP contribution in [0.4, 0.5) is 22.7 Å². The SMILES string of the molecule is Nc1cccc(N)c1Br.O=[N+]([O-])c1cccc([N+](=O)[O-])c1Br.[HH]. The van der Waals surface area contributed by atoms with Gasteiger partial charge >= 0.3 is 0 Å². The lowest BCUT2D eigenvalue weighted by Crippen LogP contribution is -1.94. The molecular formula is C12H12Br2N4O4. The highest BCUT2D eigenvalue weighted by molar-refractivity contribution is 9.11. The second-order valence-electron chi connectivity index (χ2n) is 3.87. The molecule has 0 aliphatic heterocycles. The van der Waals surface area contributed by atoms with E-state index in [1.54, 1.807) is 12.1 Å². The number of nitro groups is 2. The predicted molar refractivity (Wildman–Crippen MR) is 92.5 cm³/mol. The van der Waals surface area contributed by atoms with Crippen molar-refractivity contribution in [3.05, 3.63) is 65.6 Å². The number of rotatable bonds is 2.